The van der Waals surface area contributed by atoms with Crippen LogP contribution in [0.4, 0.5) is 5.69 Å². The lowest BCUT2D eigenvalue weighted by Gasteiger charge is -2.45. The molecule has 0 aromatic heterocycles. The van der Waals surface area contributed by atoms with Crippen molar-refractivity contribution in [2.75, 3.05) is 31.1 Å². The average Bonchev–Trinajstić information content (AvgIpc) is 3.21. The summed E-state index contributed by atoms with van der Waals surface area (Å²) in [6, 6.07) is 46.8. The molecule has 7 aromatic carbocycles. The second-order valence-corrected chi connectivity index (χ2v) is 15.9. The van der Waals surface area contributed by atoms with Crippen molar-refractivity contribution in [2.24, 2.45) is 0 Å². The molecule has 3 nitrogen and oxygen atoms in total. The highest BCUT2D eigenvalue weighted by Gasteiger charge is 2.49. The molecule has 1 aliphatic carbocycles. The number of ether oxygens (including phenoxy) is 1. The van der Waals surface area contributed by atoms with Crippen LogP contribution < -0.4 is 24.8 Å². The highest BCUT2D eigenvalue weighted by Crippen LogP contribution is 2.58. The zero-order chi connectivity index (χ0) is 36.1. The van der Waals surface area contributed by atoms with E-state index in [1.807, 2.05) is 0 Å². The summed E-state index contributed by atoms with van der Waals surface area (Å²) in [6.45, 7) is 11.1. The predicted octanol–water partition coefficient (Wildman–Crippen LogP) is 9.58. The second-order valence-electron chi connectivity index (χ2n) is 15.9. The van der Waals surface area contributed by atoms with Gasteiger partial charge in [0.2, 0.25) is 5.36 Å². The molecule has 0 fully saturated rings. The molecule has 3 heteroatoms. The van der Waals surface area contributed by atoms with Gasteiger partial charge in [0.25, 0.3) is 0 Å². The quantitative estimate of drug-likeness (QED) is 0.171. The molecule has 1 spiro atoms. The van der Waals surface area contributed by atoms with Crippen LogP contribution in [0.1, 0.15) is 76.8 Å². The van der Waals surface area contributed by atoms with Crippen LogP contribution in [-0.2, 0) is 18.3 Å². The molecule has 3 heterocycles. The molecule has 7 aromatic rings. The summed E-state index contributed by atoms with van der Waals surface area (Å²) < 4.78 is 9.40. The zero-order valence-electron chi connectivity index (χ0n) is 31.5. The Bertz CT molecular complexity index is 2820. The van der Waals surface area contributed by atoms with Gasteiger partial charge in [-0.15, -0.1) is 0 Å². The number of nitrogens with zero attached hydrogens (tertiary/aromatic N) is 2. The molecule has 4 aliphatic rings. The lowest BCUT2D eigenvalue weighted by Crippen LogP contribution is -2.43. The fourth-order valence-corrected chi connectivity index (χ4v) is 10.6. The summed E-state index contributed by atoms with van der Waals surface area (Å²) in [6.07, 6.45) is 4.66. The Labute approximate surface area is 317 Å². The minimum atomic E-state index is -0.606. The number of hydrogen-bond donors (Lipinski definition) is 0. The maximum atomic E-state index is 6.83. The lowest BCUT2D eigenvalue weighted by molar-refractivity contribution is 0.433. The number of para-hydroxylation sites is 2. The minimum absolute atomic E-state index is 0.606. The first-order chi connectivity index (χ1) is 26.6. The van der Waals surface area contributed by atoms with E-state index < -0.39 is 5.41 Å². The van der Waals surface area contributed by atoms with Crippen molar-refractivity contribution < 1.29 is 4.74 Å². The van der Waals surface area contributed by atoms with Crippen LogP contribution in [0.25, 0.3) is 27.1 Å². The fourth-order valence-electron chi connectivity index (χ4n) is 10.6. The van der Waals surface area contributed by atoms with Gasteiger partial charge < -0.3 is 9.64 Å². The number of hydrogen-bond acceptors (Lipinski definition) is 2. The first-order valence-electron chi connectivity index (χ1n) is 20.1. The van der Waals surface area contributed by atoms with Crippen molar-refractivity contribution in [3.05, 3.63) is 182 Å². The van der Waals surface area contributed by atoms with Crippen LogP contribution in [0.2, 0.25) is 0 Å². The van der Waals surface area contributed by atoms with E-state index in [4.69, 9.17) is 4.74 Å². The summed E-state index contributed by atoms with van der Waals surface area (Å²) in [4.78, 5) is 2.57. The Morgan fingerprint density at radius 3 is 2.07 bits per heavy atom. The monoisotopic (exact) mass is 701 g/mol. The topological polar surface area (TPSA) is 15.5 Å². The number of anilines is 1. The number of fused-ring (bicyclic) bond motifs is 12. The first-order valence-corrected chi connectivity index (χ1v) is 20.1. The second kappa shape index (κ2) is 11.9. The van der Waals surface area contributed by atoms with E-state index >= 15 is 0 Å². The summed E-state index contributed by atoms with van der Waals surface area (Å²) in [7, 11) is 0. The third kappa shape index (κ3) is 4.39. The molecule has 0 saturated carbocycles. The van der Waals surface area contributed by atoms with E-state index in [0.29, 0.717) is 0 Å². The molecule has 264 valence electrons. The highest BCUT2D eigenvalue weighted by atomic mass is 16.5. The Balaban J connectivity index is 1.38. The summed E-state index contributed by atoms with van der Waals surface area (Å²) in [5.74, 6) is 1.86. The van der Waals surface area contributed by atoms with E-state index in [2.05, 4.69) is 152 Å². The van der Waals surface area contributed by atoms with Crippen LogP contribution in [0, 0.1) is 6.92 Å². The lowest BCUT2D eigenvalue weighted by atomic mass is 9.58. The average molecular weight is 702 g/mol. The molecule has 0 unspecified atom stereocenters. The van der Waals surface area contributed by atoms with Gasteiger partial charge in [0.05, 0.1) is 5.41 Å². The van der Waals surface area contributed by atoms with Gasteiger partial charge in [-0.25, -0.2) is 4.58 Å². The Morgan fingerprint density at radius 2 is 1.30 bits per heavy atom. The molecule has 0 atom stereocenters. The molecular weight excluding hydrogens is 657 g/mol. The number of benzene rings is 7. The molecule has 0 N–H and O–H groups in total. The maximum Gasteiger partial charge on any atom is 0.203 e. The third-order valence-corrected chi connectivity index (χ3v) is 13.1. The van der Waals surface area contributed by atoms with Crippen molar-refractivity contribution >= 4 is 32.8 Å². The Kier molecular flexibility index (Phi) is 7.02. The molecule has 0 amide bonds. The van der Waals surface area contributed by atoms with Crippen LogP contribution in [0.15, 0.2) is 121 Å². The van der Waals surface area contributed by atoms with E-state index in [-0.39, 0.29) is 0 Å². The molecule has 0 saturated heterocycles. The molecule has 3 aliphatic heterocycles. The van der Waals surface area contributed by atoms with Crippen molar-refractivity contribution in [3.8, 4) is 11.5 Å². The summed E-state index contributed by atoms with van der Waals surface area (Å²) in [5.41, 5.74) is 14.0. The van der Waals surface area contributed by atoms with Gasteiger partial charge in [0.15, 0.2) is 0 Å². The van der Waals surface area contributed by atoms with Crippen LogP contribution in [0.5, 0.6) is 11.5 Å². The summed E-state index contributed by atoms with van der Waals surface area (Å²) in [5, 5.41) is 7.95. The summed E-state index contributed by atoms with van der Waals surface area (Å²) >= 11 is 0. The van der Waals surface area contributed by atoms with Gasteiger partial charge in [-0.05, 0) is 160 Å². The molecular formula is C51H45N2O+. The van der Waals surface area contributed by atoms with Gasteiger partial charge in [-0.2, -0.15) is 0 Å². The van der Waals surface area contributed by atoms with Crippen LogP contribution in [-0.4, -0.2) is 26.2 Å². The van der Waals surface area contributed by atoms with E-state index in [9.17, 15) is 0 Å². The van der Waals surface area contributed by atoms with Crippen molar-refractivity contribution in [3.63, 3.8) is 0 Å². The molecule has 54 heavy (non-hydrogen) atoms. The van der Waals surface area contributed by atoms with Crippen molar-refractivity contribution in [1.29, 1.82) is 0 Å². The number of aryl methyl sites for hydroxylation is 3. The third-order valence-electron chi connectivity index (χ3n) is 13.1. The van der Waals surface area contributed by atoms with Gasteiger partial charge in [-0.3, -0.25) is 0 Å². The van der Waals surface area contributed by atoms with E-state index in [1.165, 1.54) is 106 Å². The van der Waals surface area contributed by atoms with Crippen LogP contribution >= 0.6 is 0 Å². The normalized spacial score (nSPS) is 16.3. The highest BCUT2D eigenvalue weighted by molar-refractivity contribution is 5.99. The smallest absolute Gasteiger partial charge is 0.203 e. The van der Waals surface area contributed by atoms with Gasteiger partial charge in [0.1, 0.15) is 24.6 Å². The fraction of sp³-hybridized carbons (Fsp3) is 0.235. The standard InChI is InChI=1S/C51H45N2O/c1-4-52-22-12-15-33-24-35-26-40-44(28-37(35)30-46(33)52)51(42-18-8-10-20-48(42)54-49-21-11-9-19-43(49)51)45-29-38-31-47-34(16-13-23-53(47)5-2)25-36(38)27-41(45)50(40)39-17-7-6-14-32(39)3/h6-11,14,17-21,24-31H,4-5,12-13,15-16,22-23H2,1-3H3/q+1. The SMILES string of the molecule is CCN1CCCc2cc3cc4c(cc3cc21)C1(c2ccccc2Oc2ccccc21)c1cc2cc3c(cc2cc1=C4c1ccccc1C)CCC[N+]=3CC. The molecule has 0 radical (unpaired) electrons. The molecule has 0 bridgehead atoms. The molecule has 11 rings (SSSR count). The van der Waals surface area contributed by atoms with Crippen molar-refractivity contribution in [2.45, 2.75) is 51.9 Å². The maximum absolute atomic E-state index is 6.83. The largest absolute Gasteiger partial charge is 0.457 e. The van der Waals surface area contributed by atoms with Gasteiger partial charge in [0, 0.05) is 48.0 Å². The van der Waals surface area contributed by atoms with E-state index in [0.717, 1.165) is 50.5 Å². The Hall–Kier alpha value is -5.67. The van der Waals surface area contributed by atoms with Crippen LogP contribution in [0.3, 0.4) is 0 Å². The van der Waals surface area contributed by atoms with Gasteiger partial charge >= 0.3 is 0 Å². The number of rotatable bonds is 3. The van der Waals surface area contributed by atoms with E-state index in [1.54, 1.807) is 0 Å². The van der Waals surface area contributed by atoms with Gasteiger partial charge in [-0.1, -0.05) is 60.7 Å². The minimum Gasteiger partial charge on any atom is -0.457 e. The zero-order valence-corrected chi connectivity index (χ0v) is 31.5. The predicted molar refractivity (Wildman–Crippen MR) is 223 cm³/mol. The first kappa shape index (κ1) is 31.8. The van der Waals surface area contributed by atoms with Crippen molar-refractivity contribution in [1.82, 2.24) is 4.58 Å². The Morgan fingerprint density at radius 1 is 0.630 bits per heavy atom.